The van der Waals surface area contributed by atoms with Crippen molar-refractivity contribution in [3.63, 3.8) is 0 Å². The smallest absolute Gasteiger partial charge is 0.141 e. The predicted molar refractivity (Wildman–Crippen MR) is 112 cm³/mol. The Morgan fingerprint density at radius 3 is 2.68 bits per heavy atom. The molecule has 4 nitrogen and oxygen atoms in total. The minimum atomic E-state index is -0.938. The summed E-state index contributed by atoms with van der Waals surface area (Å²) in [6.07, 6.45) is 4.46. The van der Waals surface area contributed by atoms with Crippen molar-refractivity contribution >= 4 is 11.5 Å². The van der Waals surface area contributed by atoms with E-state index < -0.39 is 11.2 Å². The Morgan fingerprint density at radius 2 is 2.14 bits per heavy atom. The molecule has 3 saturated heterocycles. The van der Waals surface area contributed by atoms with Gasteiger partial charge in [-0.05, 0) is 69.5 Å². The van der Waals surface area contributed by atoms with Crippen LogP contribution in [-0.2, 0) is 16.0 Å². The van der Waals surface area contributed by atoms with Gasteiger partial charge in [0, 0.05) is 25.1 Å². The lowest BCUT2D eigenvalue weighted by Crippen LogP contribution is -2.58. The maximum Gasteiger partial charge on any atom is 0.141 e. The standard InChI is InChI=1S/C24H29NO3/c1-5-6-19-15-20(22(16-26)23(2,3)28-4)8-7-18(19)9-12-24(27)17-25-13-10-21(24)11-14-25/h5,7-8,15,21,27H,1,6,10-11,13-14,17H2,2-4H3. The molecule has 0 aromatic heterocycles. The molecular formula is C24H29NO3. The summed E-state index contributed by atoms with van der Waals surface area (Å²) in [6.45, 7) is 10.3. The van der Waals surface area contributed by atoms with Crippen molar-refractivity contribution in [2.75, 3.05) is 26.7 Å². The third kappa shape index (κ3) is 3.99. The number of methoxy groups -OCH3 is 1. The number of carbonyl (C=O) groups excluding carboxylic acids is 1. The van der Waals surface area contributed by atoms with Gasteiger partial charge in [-0.25, -0.2) is 4.79 Å². The van der Waals surface area contributed by atoms with E-state index in [1.54, 1.807) is 7.11 Å². The van der Waals surface area contributed by atoms with Gasteiger partial charge in [0.15, 0.2) is 0 Å². The monoisotopic (exact) mass is 379 g/mol. The van der Waals surface area contributed by atoms with Crippen LogP contribution in [-0.4, -0.2) is 53.9 Å². The van der Waals surface area contributed by atoms with Crippen molar-refractivity contribution in [1.82, 2.24) is 4.90 Å². The lowest BCUT2D eigenvalue weighted by molar-refractivity contribution is -0.0713. The highest BCUT2D eigenvalue weighted by Crippen LogP contribution is 2.35. The van der Waals surface area contributed by atoms with E-state index in [2.05, 4.69) is 23.3 Å². The minimum absolute atomic E-state index is 0.249. The quantitative estimate of drug-likeness (QED) is 0.486. The molecule has 0 radical (unpaired) electrons. The van der Waals surface area contributed by atoms with Crippen molar-refractivity contribution < 1.29 is 14.6 Å². The van der Waals surface area contributed by atoms with Crippen molar-refractivity contribution in [3.05, 3.63) is 47.5 Å². The van der Waals surface area contributed by atoms with Crippen LogP contribution in [0.25, 0.3) is 5.57 Å². The number of ether oxygens (including phenoxy) is 1. The van der Waals surface area contributed by atoms with E-state index in [-0.39, 0.29) is 5.92 Å². The second-order valence-corrected chi connectivity index (χ2v) is 8.28. The Hall–Kier alpha value is -2.15. The van der Waals surface area contributed by atoms with Crippen molar-refractivity contribution in [2.45, 2.75) is 44.3 Å². The molecule has 0 aliphatic carbocycles. The summed E-state index contributed by atoms with van der Waals surface area (Å²) in [5, 5.41) is 11.1. The van der Waals surface area contributed by atoms with E-state index in [9.17, 15) is 9.90 Å². The Labute approximate surface area is 167 Å². The van der Waals surface area contributed by atoms with Gasteiger partial charge in [0.05, 0.1) is 11.2 Å². The highest BCUT2D eigenvalue weighted by atomic mass is 16.5. The van der Waals surface area contributed by atoms with Crippen LogP contribution in [0.1, 0.15) is 43.4 Å². The van der Waals surface area contributed by atoms with Gasteiger partial charge < -0.3 is 9.84 Å². The second-order valence-electron chi connectivity index (χ2n) is 8.28. The molecule has 1 N–H and O–H groups in total. The first-order valence-electron chi connectivity index (χ1n) is 9.86. The Balaban J connectivity index is 1.95. The summed E-state index contributed by atoms with van der Waals surface area (Å²) >= 11 is 0. The summed E-state index contributed by atoms with van der Waals surface area (Å²) in [4.78, 5) is 13.9. The van der Waals surface area contributed by atoms with E-state index in [1.807, 2.05) is 44.1 Å². The van der Waals surface area contributed by atoms with E-state index in [4.69, 9.17) is 4.74 Å². The highest BCUT2D eigenvalue weighted by Gasteiger charge is 2.44. The molecule has 4 heteroatoms. The van der Waals surface area contributed by atoms with Gasteiger partial charge in [0.25, 0.3) is 0 Å². The van der Waals surface area contributed by atoms with Crippen LogP contribution in [0.3, 0.4) is 0 Å². The molecule has 2 bridgehead atoms. The summed E-state index contributed by atoms with van der Waals surface area (Å²) in [7, 11) is 1.58. The topological polar surface area (TPSA) is 49.8 Å². The largest absolute Gasteiger partial charge is 0.376 e. The molecule has 0 saturated carbocycles. The van der Waals surface area contributed by atoms with Crippen LogP contribution < -0.4 is 0 Å². The molecule has 28 heavy (non-hydrogen) atoms. The third-order valence-electron chi connectivity index (χ3n) is 6.11. The summed E-state index contributed by atoms with van der Waals surface area (Å²) in [5.74, 6) is 8.68. The number of aliphatic hydroxyl groups is 1. The first-order valence-corrected chi connectivity index (χ1v) is 9.86. The number of piperidine rings is 3. The fraction of sp³-hybridized carbons (Fsp3) is 0.500. The summed E-state index contributed by atoms with van der Waals surface area (Å²) in [6, 6.07) is 5.74. The average molecular weight is 380 g/mol. The van der Waals surface area contributed by atoms with Gasteiger partial charge in [0.1, 0.15) is 11.5 Å². The molecule has 4 rings (SSSR count). The second kappa shape index (κ2) is 8.07. The molecule has 1 atom stereocenters. The average Bonchev–Trinajstić information content (AvgIpc) is 2.68. The molecule has 3 heterocycles. The lowest BCUT2D eigenvalue weighted by atomic mass is 9.75. The van der Waals surface area contributed by atoms with Crippen LogP contribution in [0.2, 0.25) is 0 Å². The van der Waals surface area contributed by atoms with Crippen molar-refractivity contribution in [1.29, 1.82) is 0 Å². The number of benzene rings is 1. The predicted octanol–water partition coefficient (Wildman–Crippen LogP) is 2.86. The fourth-order valence-corrected chi connectivity index (χ4v) is 4.18. The first kappa shape index (κ1) is 20.6. The van der Waals surface area contributed by atoms with E-state index in [0.717, 1.165) is 42.6 Å². The van der Waals surface area contributed by atoms with Gasteiger partial charge in [-0.3, -0.25) is 4.90 Å². The molecule has 1 aromatic rings. The first-order chi connectivity index (χ1) is 13.3. The van der Waals surface area contributed by atoms with E-state index in [1.165, 1.54) is 0 Å². The molecule has 0 amide bonds. The molecule has 3 fully saturated rings. The minimum Gasteiger partial charge on any atom is -0.376 e. The molecule has 148 valence electrons. The molecule has 0 spiro atoms. The Bertz CT molecular complexity index is 862. The number of fused-ring (bicyclic) bond motifs is 3. The van der Waals surface area contributed by atoms with Crippen molar-refractivity contribution in [2.24, 2.45) is 5.92 Å². The zero-order valence-corrected chi connectivity index (χ0v) is 17.0. The molecule has 3 aliphatic heterocycles. The third-order valence-corrected chi connectivity index (χ3v) is 6.11. The number of allylic oxidation sites excluding steroid dienone is 1. The SMILES string of the molecule is C=CCc1cc(C(=C=O)C(C)(C)OC)ccc1C#CC1(O)CN2CCC1CC2. The molecule has 3 aliphatic rings. The highest BCUT2D eigenvalue weighted by molar-refractivity contribution is 5.91. The van der Waals surface area contributed by atoms with Gasteiger partial charge >= 0.3 is 0 Å². The molecule has 1 aromatic carbocycles. The zero-order valence-electron chi connectivity index (χ0n) is 17.0. The van der Waals surface area contributed by atoms with Crippen LogP contribution in [0.4, 0.5) is 0 Å². The number of nitrogens with zero attached hydrogens (tertiary/aromatic N) is 1. The van der Waals surface area contributed by atoms with Crippen LogP contribution in [0.15, 0.2) is 30.9 Å². The lowest BCUT2D eigenvalue weighted by Gasteiger charge is -2.47. The summed E-state index contributed by atoms with van der Waals surface area (Å²) < 4.78 is 5.46. The van der Waals surface area contributed by atoms with Gasteiger partial charge in [-0.2, -0.15) is 0 Å². The van der Waals surface area contributed by atoms with Gasteiger partial charge in [0.2, 0.25) is 0 Å². The fourth-order valence-electron chi connectivity index (χ4n) is 4.18. The van der Waals surface area contributed by atoms with Gasteiger partial charge in [-0.1, -0.05) is 24.0 Å². The number of hydrogen-bond acceptors (Lipinski definition) is 4. The normalized spacial score (nSPS) is 26.1. The molecule has 1 unspecified atom stereocenters. The number of rotatable bonds is 5. The summed E-state index contributed by atoms with van der Waals surface area (Å²) in [5.41, 5.74) is 1.40. The van der Waals surface area contributed by atoms with E-state index in [0.29, 0.717) is 18.5 Å². The maximum absolute atomic E-state index is 11.6. The van der Waals surface area contributed by atoms with Crippen LogP contribution >= 0.6 is 0 Å². The van der Waals surface area contributed by atoms with Crippen LogP contribution in [0.5, 0.6) is 0 Å². The van der Waals surface area contributed by atoms with Gasteiger partial charge in [-0.15, -0.1) is 6.58 Å². The zero-order chi connectivity index (χ0) is 20.4. The maximum atomic E-state index is 11.6. The Morgan fingerprint density at radius 1 is 1.43 bits per heavy atom. The Kier molecular flexibility index (Phi) is 5.93. The molecular weight excluding hydrogens is 350 g/mol. The van der Waals surface area contributed by atoms with Crippen molar-refractivity contribution in [3.8, 4) is 11.8 Å². The van der Waals surface area contributed by atoms with Crippen LogP contribution in [0, 0.1) is 17.8 Å². The number of hydrogen-bond donors (Lipinski definition) is 1. The van der Waals surface area contributed by atoms with E-state index >= 15 is 0 Å².